The molecule has 5 heterocycles. The van der Waals surface area contributed by atoms with Crippen molar-refractivity contribution in [3.8, 4) is 0 Å². The zero-order chi connectivity index (χ0) is 28.3. The number of allylic oxidation sites excluding steroid dienone is 1. The molecule has 0 fully saturated rings. The molecule has 7 nitrogen and oxygen atoms in total. The van der Waals surface area contributed by atoms with E-state index >= 15 is 0 Å². The number of fused-ring (bicyclic) bond motifs is 9. The second kappa shape index (κ2) is 8.10. The van der Waals surface area contributed by atoms with Crippen molar-refractivity contribution < 1.29 is 0 Å². The third-order valence-electron chi connectivity index (χ3n) is 9.91. The van der Waals surface area contributed by atoms with Crippen molar-refractivity contribution in [3.05, 3.63) is 119 Å². The predicted octanol–water partition coefficient (Wildman–Crippen LogP) is 6.71. The van der Waals surface area contributed by atoms with Crippen molar-refractivity contribution in [3.63, 3.8) is 0 Å². The molecule has 5 aliphatic rings. The van der Waals surface area contributed by atoms with Crippen LogP contribution in [0.15, 0.2) is 108 Å². The molecule has 3 unspecified atom stereocenters. The van der Waals surface area contributed by atoms with E-state index in [1.165, 1.54) is 33.5 Å². The highest BCUT2D eigenvalue weighted by molar-refractivity contribution is 6.13. The molecule has 42 heavy (non-hydrogen) atoms. The Morgan fingerprint density at radius 3 is 2.57 bits per heavy atom. The van der Waals surface area contributed by atoms with Crippen LogP contribution in [0.25, 0.3) is 5.57 Å². The van der Waals surface area contributed by atoms with Gasteiger partial charge in [0.1, 0.15) is 24.3 Å². The molecule has 1 aliphatic carbocycles. The molecule has 0 N–H and O–H groups in total. The molecule has 0 spiro atoms. The molecule has 0 saturated heterocycles. The van der Waals surface area contributed by atoms with Crippen molar-refractivity contribution in [2.75, 3.05) is 26.8 Å². The highest BCUT2D eigenvalue weighted by Gasteiger charge is 2.59. The van der Waals surface area contributed by atoms with Crippen LogP contribution in [0, 0.1) is 5.41 Å². The van der Waals surface area contributed by atoms with Gasteiger partial charge in [0.15, 0.2) is 11.7 Å². The maximum absolute atomic E-state index is 5.45. The lowest BCUT2D eigenvalue weighted by molar-refractivity contribution is 0.295. The minimum absolute atomic E-state index is 0.0434. The first-order chi connectivity index (χ1) is 20.5. The minimum Gasteiger partial charge on any atom is -0.346 e. The lowest BCUT2D eigenvalue weighted by Gasteiger charge is -2.50. The number of rotatable bonds is 2. The van der Waals surface area contributed by atoms with Crippen LogP contribution < -0.4 is 19.7 Å². The summed E-state index contributed by atoms with van der Waals surface area (Å²) in [5.41, 5.74) is 12.0. The van der Waals surface area contributed by atoms with Gasteiger partial charge in [-0.1, -0.05) is 55.5 Å². The van der Waals surface area contributed by atoms with E-state index in [4.69, 9.17) is 10.1 Å². The summed E-state index contributed by atoms with van der Waals surface area (Å²) in [4.78, 5) is 16.6. The average Bonchev–Trinajstić information content (AvgIpc) is 3.51. The summed E-state index contributed by atoms with van der Waals surface area (Å²) >= 11 is 0. The second-order valence-electron chi connectivity index (χ2n) is 12.2. The van der Waals surface area contributed by atoms with Gasteiger partial charge in [-0.25, -0.2) is 15.0 Å². The minimum atomic E-state index is -0.329. The average molecular weight is 550 g/mol. The summed E-state index contributed by atoms with van der Waals surface area (Å²) in [7, 11) is 2.19. The fraction of sp³-hybridized carbons (Fsp3) is 0.229. The molecule has 3 atom stereocenters. The quantitative estimate of drug-likeness (QED) is 0.277. The van der Waals surface area contributed by atoms with Crippen LogP contribution in [0.1, 0.15) is 37.5 Å². The Labute approximate surface area is 245 Å². The van der Waals surface area contributed by atoms with Crippen molar-refractivity contribution in [1.29, 1.82) is 0 Å². The van der Waals surface area contributed by atoms with Crippen LogP contribution >= 0.6 is 0 Å². The van der Waals surface area contributed by atoms with E-state index in [-0.39, 0.29) is 17.7 Å². The van der Waals surface area contributed by atoms with Crippen LogP contribution in [0.5, 0.6) is 0 Å². The summed E-state index contributed by atoms with van der Waals surface area (Å²) in [6.07, 6.45) is 6.58. The van der Waals surface area contributed by atoms with E-state index in [9.17, 15) is 0 Å². The van der Waals surface area contributed by atoms with Crippen LogP contribution in [-0.2, 0) is 6.42 Å². The molecule has 7 heteroatoms. The van der Waals surface area contributed by atoms with Crippen molar-refractivity contribution in [2.24, 2.45) is 10.5 Å². The topological polar surface area (TPSA) is 51.1 Å². The van der Waals surface area contributed by atoms with Gasteiger partial charge >= 0.3 is 0 Å². The van der Waals surface area contributed by atoms with Gasteiger partial charge < -0.3 is 9.80 Å². The standard InChI is InChI=1S/C35H31N7/c1-5-21(2)31-38-42-27-16-15-22-17-25(27)29-24-13-9-10-14-26(24)41-32-28(19-36-20-37-32)39(4)33(41)30(29)35(3,18-22)34(42)40(31)23-11-7-6-8-12-23/h5-17,19-20,33-34H,18H2,1-4H3/b21-5+. The number of amidine groups is 1. The number of hydrogen-bond donors (Lipinski definition) is 0. The Balaban J connectivity index is 1.39. The normalized spacial score (nSPS) is 24.7. The first-order valence-electron chi connectivity index (χ1n) is 14.7. The fourth-order valence-corrected chi connectivity index (χ4v) is 8.04. The van der Waals surface area contributed by atoms with E-state index in [1.807, 2.05) is 6.20 Å². The third-order valence-corrected chi connectivity index (χ3v) is 9.91. The predicted molar refractivity (Wildman–Crippen MR) is 169 cm³/mol. The van der Waals surface area contributed by atoms with Gasteiger partial charge in [0.05, 0.1) is 17.6 Å². The molecule has 206 valence electrons. The van der Waals surface area contributed by atoms with Gasteiger partial charge in [0, 0.05) is 29.3 Å². The first kappa shape index (κ1) is 23.8. The zero-order valence-electron chi connectivity index (χ0n) is 24.2. The molecule has 9 rings (SSSR count). The Morgan fingerprint density at radius 1 is 0.929 bits per heavy atom. The molecular weight excluding hydrogens is 518 g/mol. The lowest BCUT2D eigenvalue weighted by Crippen LogP contribution is -2.58. The summed E-state index contributed by atoms with van der Waals surface area (Å²) < 4.78 is 0. The Bertz CT molecular complexity index is 1910. The molecule has 0 radical (unpaired) electrons. The maximum Gasteiger partial charge on any atom is 0.162 e. The van der Waals surface area contributed by atoms with Crippen LogP contribution in [-0.4, -0.2) is 35.2 Å². The highest BCUT2D eigenvalue weighted by atomic mass is 15.6. The van der Waals surface area contributed by atoms with E-state index in [0.29, 0.717) is 0 Å². The smallest absolute Gasteiger partial charge is 0.162 e. The number of hydrazone groups is 1. The molecule has 3 bridgehead atoms. The summed E-state index contributed by atoms with van der Waals surface area (Å²) in [5, 5.41) is 7.77. The first-order valence-corrected chi connectivity index (χ1v) is 14.7. The maximum atomic E-state index is 5.45. The number of hydrogen-bond acceptors (Lipinski definition) is 7. The van der Waals surface area contributed by atoms with Gasteiger partial charge in [-0.3, -0.25) is 4.90 Å². The SMILES string of the molecule is C/C=C(\C)C1=NN2c3ccc4cc3C3=C(C5N(C)c6cncnc6N5c5ccccc53)C(C)(C4)C2N1c1ccccc1. The van der Waals surface area contributed by atoms with Crippen molar-refractivity contribution in [2.45, 2.75) is 39.5 Å². The molecular formula is C35H31N7. The van der Waals surface area contributed by atoms with E-state index < -0.39 is 0 Å². The molecule has 0 amide bonds. The Hall–Kier alpha value is -4.91. The summed E-state index contributed by atoms with van der Waals surface area (Å²) in [6, 6.07) is 26.6. The second-order valence-corrected chi connectivity index (χ2v) is 12.2. The monoisotopic (exact) mass is 549 g/mol. The number of aromatic nitrogens is 2. The number of likely N-dealkylation sites (N-methyl/N-ethyl adjacent to an activating group) is 1. The van der Waals surface area contributed by atoms with Crippen LogP contribution in [0.3, 0.4) is 0 Å². The number of benzene rings is 3. The van der Waals surface area contributed by atoms with Gasteiger partial charge in [0.25, 0.3) is 0 Å². The van der Waals surface area contributed by atoms with Crippen molar-refractivity contribution in [1.82, 2.24) is 9.97 Å². The van der Waals surface area contributed by atoms with Gasteiger partial charge in [-0.15, -0.1) is 0 Å². The summed E-state index contributed by atoms with van der Waals surface area (Å²) in [5.74, 6) is 1.96. The molecule has 4 aliphatic heterocycles. The largest absolute Gasteiger partial charge is 0.346 e. The van der Waals surface area contributed by atoms with E-state index in [1.54, 1.807) is 6.33 Å². The third kappa shape index (κ3) is 2.78. The Morgan fingerprint density at radius 2 is 1.74 bits per heavy atom. The number of para-hydroxylation sites is 2. The van der Waals surface area contributed by atoms with Crippen molar-refractivity contribution >= 4 is 40.0 Å². The Kier molecular flexibility index (Phi) is 4.58. The lowest BCUT2D eigenvalue weighted by atomic mass is 9.69. The number of anilines is 5. The van der Waals surface area contributed by atoms with Crippen LogP contribution in [0.4, 0.5) is 28.6 Å². The molecule has 4 aromatic rings. The molecule has 1 aromatic heterocycles. The van der Waals surface area contributed by atoms with E-state index in [2.05, 4.69) is 131 Å². The van der Waals surface area contributed by atoms with Gasteiger partial charge in [-0.05, 0) is 72.9 Å². The molecule has 0 saturated carbocycles. The highest BCUT2D eigenvalue weighted by Crippen LogP contribution is 2.62. The zero-order valence-corrected chi connectivity index (χ0v) is 24.2. The van der Waals surface area contributed by atoms with E-state index in [0.717, 1.165) is 40.7 Å². The summed E-state index contributed by atoms with van der Waals surface area (Å²) in [6.45, 7) is 6.74. The molecule has 3 aromatic carbocycles. The number of nitrogens with zero attached hydrogens (tertiary/aromatic N) is 7. The van der Waals surface area contributed by atoms with Gasteiger partial charge in [-0.2, -0.15) is 5.10 Å². The van der Waals surface area contributed by atoms with Gasteiger partial charge in [0.2, 0.25) is 0 Å². The van der Waals surface area contributed by atoms with Crippen LogP contribution in [0.2, 0.25) is 0 Å². The fourth-order valence-electron chi connectivity index (χ4n) is 8.04.